The first-order valence-electron chi connectivity index (χ1n) is 4.62. The van der Waals surface area contributed by atoms with Crippen LogP contribution in [-0.4, -0.2) is 45.8 Å². The number of piperidine rings is 1. The van der Waals surface area contributed by atoms with Gasteiger partial charge in [-0.05, 0) is 26.7 Å². The Morgan fingerprint density at radius 2 is 1.92 bits per heavy atom. The number of carboxylic acids is 1. The molecule has 1 fully saturated rings. The van der Waals surface area contributed by atoms with Gasteiger partial charge < -0.3 is 10.2 Å². The SMILES string of the molecule is CC(C(=O)O)N1CCC(C)(O)CC1. The quantitative estimate of drug-likeness (QED) is 0.653. The van der Waals surface area contributed by atoms with Crippen molar-refractivity contribution < 1.29 is 15.0 Å². The second-order valence-electron chi connectivity index (χ2n) is 4.05. The standard InChI is InChI=1S/C9H17NO3/c1-7(8(11)12)10-5-3-9(2,13)4-6-10/h7,13H,3-6H2,1-2H3,(H,11,12). The molecule has 1 saturated heterocycles. The lowest BCUT2D eigenvalue weighted by Gasteiger charge is -2.37. The molecule has 1 unspecified atom stereocenters. The van der Waals surface area contributed by atoms with Crippen molar-refractivity contribution in [2.45, 2.75) is 38.3 Å². The zero-order chi connectivity index (χ0) is 10.1. The lowest BCUT2D eigenvalue weighted by Crippen LogP contribution is -2.48. The van der Waals surface area contributed by atoms with Crippen LogP contribution in [0, 0.1) is 0 Å². The Morgan fingerprint density at radius 3 is 2.31 bits per heavy atom. The van der Waals surface area contributed by atoms with Crippen LogP contribution in [-0.2, 0) is 4.79 Å². The van der Waals surface area contributed by atoms with E-state index < -0.39 is 17.6 Å². The van der Waals surface area contributed by atoms with Crippen molar-refractivity contribution >= 4 is 5.97 Å². The maximum Gasteiger partial charge on any atom is 0.320 e. The molecule has 0 radical (unpaired) electrons. The lowest BCUT2D eigenvalue weighted by molar-refractivity contribution is -0.144. The predicted octanol–water partition coefficient (Wildman–Crippen LogP) is 0.306. The van der Waals surface area contributed by atoms with E-state index >= 15 is 0 Å². The molecule has 0 bridgehead atoms. The third-order valence-electron chi connectivity index (χ3n) is 2.78. The summed E-state index contributed by atoms with van der Waals surface area (Å²) in [7, 11) is 0. The molecule has 0 saturated carbocycles. The van der Waals surface area contributed by atoms with Gasteiger partial charge >= 0.3 is 5.97 Å². The fourth-order valence-electron chi connectivity index (χ4n) is 1.55. The minimum atomic E-state index is -0.790. The number of hydrogen-bond acceptors (Lipinski definition) is 3. The van der Waals surface area contributed by atoms with E-state index in [0.717, 1.165) is 0 Å². The van der Waals surface area contributed by atoms with Crippen LogP contribution in [0.4, 0.5) is 0 Å². The molecule has 1 rings (SSSR count). The monoisotopic (exact) mass is 187 g/mol. The van der Waals surface area contributed by atoms with Gasteiger partial charge in [-0.1, -0.05) is 0 Å². The first kappa shape index (κ1) is 10.5. The first-order valence-corrected chi connectivity index (χ1v) is 4.62. The number of rotatable bonds is 2. The van der Waals surface area contributed by atoms with Crippen LogP contribution in [0.15, 0.2) is 0 Å². The number of nitrogens with zero attached hydrogens (tertiary/aromatic N) is 1. The highest BCUT2D eigenvalue weighted by Crippen LogP contribution is 2.22. The van der Waals surface area contributed by atoms with Crippen LogP contribution in [0.2, 0.25) is 0 Å². The van der Waals surface area contributed by atoms with Gasteiger partial charge in [-0.15, -0.1) is 0 Å². The second-order valence-corrected chi connectivity index (χ2v) is 4.05. The Kier molecular flexibility index (Phi) is 2.93. The number of carboxylic acid groups (broad SMARTS) is 1. The molecule has 76 valence electrons. The average Bonchev–Trinajstić information content (AvgIpc) is 2.03. The summed E-state index contributed by atoms with van der Waals surface area (Å²) < 4.78 is 0. The van der Waals surface area contributed by atoms with Crippen LogP contribution in [0.5, 0.6) is 0 Å². The van der Waals surface area contributed by atoms with Crippen LogP contribution in [0.1, 0.15) is 26.7 Å². The number of aliphatic carboxylic acids is 1. The van der Waals surface area contributed by atoms with E-state index in [1.807, 2.05) is 4.90 Å². The van der Waals surface area contributed by atoms with Gasteiger partial charge in [0, 0.05) is 13.1 Å². The molecular weight excluding hydrogens is 170 g/mol. The summed E-state index contributed by atoms with van der Waals surface area (Å²) in [5.74, 6) is -0.790. The Hall–Kier alpha value is -0.610. The number of likely N-dealkylation sites (tertiary alicyclic amines) is 1. The van der Waals surface area contributed by atoms with Crippen molar-refractivity contribution in [3.8, 4) is 0 Å². The maximum absolute atomic E-state index is 10.7. The summed E-state index contributed by atoms with van der Waals surface area (Å²) in [5, 5.41) is 18.4. The Labute approximate surface area is 78.2 Å². The molecule has 0 aromatic carbocycles. The fourth-order valence-corrected chi connectivity index (χ4v) is 1.55. The van der Waals surface area contributed by atoms with Crippen molar-refractivity contribution in [3.05, 3.63) is 0 Å². The van der Waals surface area contributed by atoms with Crippen molar-refractivity contribution in [1.29, 1.82) is 0 Å². The minimum Gasteiger partial charge on any atom is -0.480 e. The minimum absolute atomic E-state index is 0.434. The molecule has 0 amide bonds. The van der Waals surface area contributed by atoms with Crippen molar-refractivity contribution in [2.24, 2.45) is 0 Å². The third-order valence-corrected chi connectivity index (χ3v) is 2.78. The molecule has 4 heteroatoms. The molecule has 1 heterocycles. The van der Waals surface area contributed by atoms with E-state index in [2.05, 4.69) is 0 Å². The Morgan fingerprint density at radius 1 is 1.46 bits per heavy atom. The van der Waals surface area contributed by atoms with Crippen molar-refractivity contribution in [1.82, 2.24) is 4.90 Å². The van der Waals surface area contributed by atoms with E-state index in [0.29, 0.717) is 25.9 Å². The highest BCUT2D eigenvalue weighted by atomic mass is 16.4. The fraction of sp³-hybridized carbons (Fsp3) is 0.889. The van der Waals surface area contributed by atoms with E-state index in [-0.39, 0.29) is 0 Å². The molecule has 0 aromatic heterocycles. The Bertz CT molecular complexity index is 193. The smallest absolute Gasteiger partial charge is 0.320 e. The highest BCUT2D eigenvalue weighted by Gasteiger charge is 2.31. The lowest BCUT2D eigenvalue weighted by atomic mass is 9.93. The molecular formula is C9H17NO3. The molecule has 2 N–H and O–H groups in total. The van der Waals surface area contributed by atoms with E-state index in [9.17, 15) is 9.90 Å². The molecule has 1 aliphatic rings. The summed E-state index contributed by atoms with van der Waals surface area (Å²) in [6, 6.07) is -0.434. The molecule has 1 aliphatic heterocycles. The van der Waals surface area contributed by atoms with Gasteiger partial charge in [-0.25, -0.2) is 0 Å². The van der Waals surface area contributed by atoms with Crippen LogP contribution >= 0.6 is 0 Å². The van der Waals surface area contributed by atoms with E-state index in [4.69, 9.17) is 5.11 Å². The molecule has 0 aromatic rings. The second kappa shape index (κ2) is 3.64. The van der Waals surface area contributed by atoms with Crippen LogP contribution in [0.3, 0.4) is 0 Å². The first-order chi connectivity index (χ1) is 5.92. The topological polar surface area (TPSA) is 60.8 Å². The normalized spacial score (nSPS) is 25.5. The molecule has 13 heavy (non-hydrogen) atoms. The molecule has 1 atom stereocenters. The van der Waals surface area contributed by atoms with Crippen molar-refractivity contribution in [3.63, 3.8) is 0 Å². The summed E-state index contributed by atoms with van der Waals surface area (Å²) in [4.78, 5) is 12.5. The zero-order valence-electron chi connectivity index (χ0n) is 8.16. The predicted molar refractivity (Wildman–Crippen MR) is 48.5 cm³/mol. The average molecular weight is 187 g/mol. The molecule has 0 spiro atoms. The van der Waals surface area contributed by atoms with E-state index in [1.54, 1.807) is 13.8 Å². The third kappa shape index (κ3) is 2.67. The van der Waals surface area contributed by atoms with Crippen LogP contribution < -0.4 is 0 Å². The summed E-state index contributed by atoms with van der Waals surface area (Å²) in [6.07, 6.45) is 1.31. The van der Waals surface area contributed by atoms with Gasteiger partial charge in [0.15, 0.2) is 0 Å². The number of hydrogen-bond donors (Lipinski definition) is 2. The molecule has 0 aliphatic carbocycles. The largest absolute Gasteiger partial charge is 0.480 e. The van der Waals surface area contributed by atoms with Crippen molar-refractivity contribution in [2.75, 3.05) is 13.1 Å². The van der Waals surface area contributed by atoms with E-state index in [1.165, 1.54) is 0 Å². The van der Waals surface area contributed by atoms with Gasteiger partial charge in [0.25, 0.3) is 0 Å². The zero-order valence-corrected chi connectivity index (χ0v) is 8.16. The summed E-state index contributed by atoms with van der Waals surface area (Å²) in [6.45, 7) is 4.82. The van der Waals surface area contributed by atoms with Gasteiger partial charge in [0.2, 0.25) is 0 Å². The van der Waals surface area contributed by atoms with Crippen LogP contribution in [0.25, 0.3) is 0 Å². The molecule has 4 nitrogen and oxygen atoms in total. The van der Waals surface area contributed by atoms with Gasteiger partial charge in [0.05, 0.1) is 5.60 Å². The highest BCUT2D eigenvalue weighted by molar-refractivity contribution is 5.72. The summed E-state index contributed by atoms with van der Waals surface area (Å²) in [5.41, 5.74) is -0.602. The Balaban J connectivity index is 2.45. The van der Waals surface area contributed by atoms with Gasteiger partial charge in [-0.3, -0.25) is 9.69 Å². The van der Waals surface area contributed by atoms with Gasteiger partial charge in [0.1, 0.15) is 6.04 Å². The van der Waals surface area contributed by atoms with Gasteiger partial charge in [-0.2, -0.15) is 0 Å². The summed E-state index contributed by atoms with van der Waals surface area (Å²) >= 11 is 0. The number of aliphatic hydroxyl groups is 1. The maximum atomic E-state index is 10.7. The number of carbonyl (C=O) groups is 1.